The zero-order valence-corrected chi connectivity index (χ0v) is 11.5. The molecule has 1 aromatic carbocycles. The quantitative estimate of drug-likeness (QED) is 0.848. The van der Waals surface area contributed by atoms with E-state index in [-0.39, 0.29) is 0 Å². The highest BCUT2D eigenvalue weighted by atomic mass is 32.1. The molecule has 1 heterocycles. The molecule has 1 amide bonds. The summed E-state index contributed by atoms with van der Waals surface area (Å²) in [6, 6.07) is 9.64. The summed E-state index contributed by atoms with van der Waals surface area (Å²) in [5.74, 6) is -1.68. The second-order valence-corrected chi connectivity index (χ2v) is 5.15. The molecule has 2 aromatic rings. The smallest absolute Gasteiger partial charge is 0.328 e. The second-order valence-electron chi connectivity index (χ2n) is 3.95. The highest BCUT2D eigenvalue weighted by molar-refractivity contribution is 7.16. The van der Waals surface area contributed by atoms with E-state index >= 15 is 0 Å². The molecule has 20 heavy (non-hydrogen) atoms. The average Bonchev–Trinajstić information content (AvgIpc) is 2.78. The molecule has 5 nitrogen and oxygen atoms in total. The van der Waals surface area contributed by atoms with Crippen molar-refractivity contribution in [3.05, 3.63) is 47.4 Å². The number of carboxylic acid groups (broad SMARTS) is 1. The molecule has 0 aliphatic rings. The van der Waals surface area contributed by atoms with Crippen LogP contribution < -0.4 is 5.32 Å². The first kappa shape index (κ1) is 14.0. The van der Waals surface area contributed by atoms with Gasteiger partial charge in [0.2, 0.25) is 5.91 Å². The fraction of sp³-hybridized carbons (Fsp3) is 0.0714. The third kappa shape index (κ3) is 3.52. The molecule has 6 heteroatoms. The average molecular weight is 288 g/mol. The monoisotopic (exact) mass is 288 g/mol. The van der Waals surface area contributed by atoms with Crippen LogP contribution in [0.2, 0.25) is 0 Å². The van der Waals surface area contributed by atoms with Gasteiger partial charge in [0.1, 0.15) is 0 Å². The maximum absolute atomic E-state index is 11.5. The number of carbonyl (C=O) groups is 2. The van der Waals surface area contributed by atoms with Gasteiger partial charge in [-0.05, 0) is 6.92 Å². The third-order valence-corrected chi connectivity index (χ3v) is 3.34. The molecule has 0 unspecified atom stereocenters. The zero-order chi connectivity index (χ0) is 14.5. The van der Waals surface area contributed by atoms with Gasteiger partial charge in [0.15, 0.2) is 5.13 Å². The Balaban J connectivity index is 2.16. The molecule has 0 atom stereocenters. The van der Waals surface area contributed by atoms with Crippen molar-refractivity contribution in [2.75, 3.05) is 5.32 Å². The van der Waals surface area contributed by atoms with Gasteiger partial charge in [-0.15, -0.1) is 11.3 Å². The van der Waals surface area contributed by atoms with Crippen molar-refractivity contribution in [2.45, 2.75) is 6.92 Å². The standard InChI is InChI=1S/C14H12N2O3S/c1-9-13(10-5-3-2-4-6-10)16-14(20-9)15-11(17)7-8-12(18)19/h2-8H,1H3,(H,18,19)(H,15,16,17)/b8-7-. The van der Waals surface area contributed by atoms with Gasteiger partial charge in [0.05, 0.1) is 5.69 Å². The summed E-state index contributed by atoms with van der Waals surface area (Å²) in [4.78, 5) is 27.1. The predicted octanol–water partition coefficient (Wildman–Crippen LogP) is 2.70. The van der Waals surface area contributed by atoms with Gasteiger partial charge in [0.25, 0.3) is 0 Å². The predicted molar refractivity (Wildman–Crippen MR) is 77.7 cm³/mol. The number of thiazole rings is 1. The summed E-state index contributed by atoms with van der Waals surface area (Å²) in [5, 5.41) is 11.4. The lowest BCUT2D eigenvalue weighted by molar-refractivity contribution is -0.131. The lowest BCUT2D eigenvalue weighted by atomic mass is 10.1. The Kier molecular flexibility index (Phi) is 4.27. The van der Waals surface area contributed by atoms with E-state index in [2.05, 4.69) is 10.3 Å². The first-order valence-electron chi connectivity index (χ1n) is 5.81. The van der Waals surface area contributed by atoms with Crippen molar-refractivity contribution in [3.8, 4) is 11.3 Å². The minimum atomic E-state index is -1.17. The van der Waals surface area contributed by atoms with Gasteiger partial charge < -0.3 is 5.11 Å². The van der Waals surface area contributed by atoms with Crippen LogP contribution in [0.3, 0.4) is 0 Å². The summed E-state index contributed by atoms with van der Waals surface area (Å²) in [7, 11) is 0. The Morgan fingerprint density at radius 3 is 2.60 bits per heavy atom. The summed E-state index contributed by atoms with van der Waals surface area (Å²) in [5.41, 5.74) is 1.79. The van der Waals surface area contributed by atoms with E-state index in [0.29, 0.717) is 5.13 Å². The van der Waals surface area contributed by atoms with Gasteiger partial charge in [-0.3, -0.25) is 10.1 Å². The number of anilines is 1. The number of aryl methyl sites for hydroxylation is 1. The lowest BCUT2D eigenvalue weighted by Gasteiger charge is -1.97. The Labute approximate surface area is 119 Å². The van der Waals surface area contributed by atoms with Crippen LogP contribution in [-0.4, -0.2) is 22.0 Å². The van der Waals surface area contributed by atoms with Crippen LogP contribution in [0.15, 0.2) is 42.5 Å². The molecule has 0 radical (unpaired) electrons. The molecule has 0 saturated heterocycles. The maximum atomic E-state index is 11.5. The number of carboxylic acids is 1. The first-order chi connectivity index (χ1) is 9.56. The summed E-state index contributed by atoms with van der Waals surface area (Å²) in [6.07, 6.45) is 1.75. The number of hydrogen-bond acceptors (Lipinski definition) is 4. The number of aromatic nitrogens is 1. The van der Waals surface area contributed by atoms with E-state index in [9.17, 15) is 9.59 Å². The molecule has 0 aliphatic heterocycles. The fourth-order valence-corrected chi connectivity index (χ4v) is 2.45. The van der Waals surface area contributed by atoms with Crippen molar-refractivity contribution >= 4 is 28.3 Å². The van der Waals surface area contributed by atoms with E-state index < -0.39 is 11.9 Å². The molecule has 0 saturated carbocycles. The summed E-state index contributed by atoms with van der Waals surface area (Å²) >= 11 is 1.35. The Morgan fingerprint density at radius 1 is 1.25 bits per heavy atom. The van der Waals surface area contributed by atoms with Crippen molar-refractivity contribution in [1.82, 2.24) is 4.98 Å². The van der Waals surface area contributed by atoms with Crippen molar-refractivity contribution in [1.29, 1.82) is 0 Å². The fourth-order valence-electron chi connectivity index (χ4n) is 1.61. The van der Waals surface area contributed by atoms with Gasteiger partial charge >= 0.3 is 5.97 Å². The van der Waals surface area contributed by atoms with Crippen LogP contribution in [0.5, 0.6) is 0 Å². The molecular formula is C14H12N2O3S. The molecule has 0 bridgehead atoms. The number of benzene rings is 1. The van der Waals surface area contributed by atoms with Crippen molar-refractivity contribution in [3.63, 3.8) is 0 Å². The largest absolute Gasteiger partial charge is 0.478 e. The van der Waals surface area contributed by atoms with E-state index in [1.165, 1.54) is 11.3 Å². The Hall–Kier alpha value is -2.47. The van der Waals surface area contributed by atoms with E-state index in [4.69, 9.17) is 5.11 Å². The number of amides is 1. The number of hydrogen-bond donors (Lipinski definition) is 2. The van der Waals surface area contributed by atoms with Crippen LogP contribution >= 0.6 is 11.3 Å². The minimum absolute atomic E-state index is 0.446. The lowest BCUT2D eigenvalue weighted by Crippen LogP contribution is -2.08. The van der Waals surface area contributed by atoms with Crippen LogP contribution in [0.25, 0.3) is 11.3 Å². The van der Waals surface area contributed by atoms with Crippen molar-refractivity contribution in [2.24, 2.45) is 0 Å². The first-order valence-corrected chi connectivity index (χ1v) is 6.63. The van der Waals surface area contributed by atoms with Gasteiger partial charge in [-0.1, -0.05) is 30.3 Å². The van der Waals surface area contributed by atoms with Crippen molar-refractivity contribution < 1.29 is 14.7 Å². The molecule has 2 N–H and O–H groups in total. The topological polar surface area (TPSA) is 79.3 Å². The molecule has 0 spiro atoms. The van der Waals surface area contributed by atoms with Gasteiger partial charge in [-0.2, -0.15) is 0 Å². The number of carbonyl (C=O) groups excluding carboxylic acids is 1. The highest BCUT2D eigenvalue weighted by Gasteiger charge is 2.10. The van der Waals surface area contributed by atoms with E-state index in [1.807, 2.05) is 37.3 Å². The van der Waals surface area contributed by atoms with Gasteiger partial charge in [-0.25, -0.2) is 9.78 Å². The third-order valence-electron chi connectivity index (χ3n) is 2.45. The normalized spacial score (nSPS) is 10.7. The molecule has 1 aromatic heterocycles. The van der Waals surface area contributed by atoms with Crippen LogP contribution in [-0.2, 0) is 9.59 Å². The van der Waals surface area contributed by atoms with E-state index in [1.54, 1.807) is 0 Å². The number of nitrogens with zero attached hydrogens (tertiary/aromatic N) is 1. The number of nitrogens with one attached hydrogen (secondary N) is 1. The highest BCUT2D eigenvalue weighted by Crippen LogP contribution is 2.30. The maximum Gasteiger partial charge on any atom is 0.328 e. The van der Waals surface area contributed by atoms with Crippen LogP contribution in [0.1, 0.15) is 4.88 Å². The summed E-state index contributed by atoms with van der Waals surface area (Å²) in [6.45, 7) is 1.92. The summed E-state index contributed by atoms with van der Waals surface area (Å²) < 4.78 is 0. The molecular weight excluding hydrogens is 276 g/mol. The van der Waals surface area contributed by atoms with Crippen LogP contribution in [0.4, 0.5) is 5.13 Å². The Morgan fingerprint density at radius 2 is 1.95 bits per heavy atom. The molecule has 102 valence electrons. The molecule has 0 aliphatic carbocycles. The van der Waals surface area contributed by atoms with Gasteiger partial charge in [0, 0.05) is 22.6 Å². The zero-order valence-electron chi connectivity index (χ0n) is 10.7. The molecule has 0 fully saturated rings. The number of rotatable bonds is 4. The SMILES string of the molecule is Cc1sc(NC(=O)/C=C\C(=O)O)nc1-c1ccccc1. The number of aliphatic carboxylic acids is 1. The Bertz CT molecular complexity index is 662. The van der Waals surface area contributed by atoms with E-state index in [0.717, 1.165) is 28.3 Å². The van der Waals surface area contributed by atoms with Crippen LogP contribution in [0, 0.1) is 6.92 Å². The second kappa shape index (κ2) is 6.12. The molecule has 2 rings (SSSR count). The minimum Gasteiger partial charge on any atom is -0.478 e.